The van der Waals surface area contributed by atoms with Crippen molar-refractivity contribution in [1.82, 2.24) is 34.3 Å². The number of unbranched alkanes of at least 4 members (excludes halogenated alkanes) is 2. The molecule has 0 aliphatic rings. The molecular formula is C68H157N7. The van der Waals surface area contributed by atoms with Gasteiger partial charge in [-0.15, -0.1) is 0 Å². The Kier molecular flexibility index (Phi) is 70.6. The van der Waals surface area contributed by atoms with Crippen LogP contribution in [0.5, 0.6) is 0 Å². The van der Waals surface area contributed by atoms with Crippen LogP contribution < -0.4 is 0 Å². The Balaban J connectivity index is -0.000000145. The number of hydrogen-bond donors (Lipinski definition) is 0. The van der Waals surface area contributed by atoms with Crippen LogP contribution in [0.3, 0.4) is 0 Å². The van der Waals surface area contributed by atoms with Gasteiger partial charge in [-0.2, -0.15) is 0 Å². The highest BCUT2D eigenvalue weighted by molar-refractivity contribution is 4.73. The third-order valence-electron chi connectivity index (χ3n) is 13.4. The van der Waals surface area contributed by atoms with Crippen LogP contribution in [-0.4, -0.2) is 175 Å². The van der Waals surface area contributed by atoms with Gasteiger partial charge in [-0.3, -0.25) is 4.90 Å². The Hall–Kier alpha value is -0.280. The standard InChI is InChI=1S/C14H31N.C11H25N.2C10H23N.2C8H19N.C7H17N/c1-5-7-11-15(12-8-6-2)13-9-10-14(3)4;1-9(2)7-8-12(10(3)4)11(5)6;1-9(2)7-10(3,4)8-11(5)6;1-5-11(6-2)9-7-8-10(3)4;1-7(2)8(3)6-9(4)5;1-8(2)6-5-7-9(3)4;1-7(2)5-6-8(3)4/h14H,5-13H2,1-4H3;9-11H,7-8H2,1-6H3;9H,7-8H2,1-6H3;10H,5-9H2,1-4H3;7-8H,6H2,1-5H3;8H,5-7H2,1-4H3;7H,5-6H2,1-4H3. The van der Waals surface area contributed by atoms with Crippen molar-refractivity contribution < 1.29 is 0 Å². The second-order valence-corrected chi connectivity index (χ2v) is 28.1. The number of rotatable bonds is 35. The molecule has 0 amide bonds. The Bertz CT molecular complexity index is 983. The molecule has 0 aliphatic heterocycles. The summed E-state index contributed by atoms with van der Waals surface area (Å²) in [7, 11) is 17.0. The van der Waals surface area contributed by atoms with Crippen molar-refractivity contribution in [2.24, 2.45) is 52.8 Å². The summed E-state index contributed by atoms with van der Waals surface area (Å²) < 4.78 is 0. The van der Waals surface area contributed by atoms with Gasteiger partial charge in [0.1, 0.15) is 0 Å². The van der Waals surface area contributed by atoms with Gasteiger partial charge in [0.05, 0.1) is 0 Å². The first kappa shape index (κ1) is 88.5. The van der Waals surface area contributed by atoms with Crippen molar-refractivity contribution in [2.45, 2.75) is 269 Å². The zero-order valence-electron chi connectivity index (χ0n) is 59.4. The molecule has 0 aromatic rings. The highest BCUT2D eigenvalue weighted by Crippen LogP contribution is 2.25. The van der Waals surface area contributed by atoms with E-state index in [1.165, 1.54) is 155 Å². The Morgan fingerprint density at radius 3 is 0.907 bits per heavy atom. The van der Waals surface area contributed by atoms with Gasteiger partial charge in [0.25, 0.3) is 0 Å². The summed E-state index contributed by atoms with van der Waals surface area (Å²) in [5.41, 5.74) is 0.470. The van der Waals surface area contributed by atoms with E-state index in [1.807, 2.05) is 0 Å². The molecule has 0 spiro atoms. The van der Waals surface area contributed by atoms with E-state index in [1.54, 1.807) is 0 Å². The van der Waals surface area contributed by atoms with Gasteiger partial charge in [0, 0.05) is 25.2 Å². The van der Waals surface area contributed by atoms with Crippen molar-refractivity contribution in [2.75, 3.05) is 128 Å². The SMILES string of the molecule is CC(C)C(C)CN(C)C.CC(C)CC(C)(C)CN(C)C.CC(C)CCCN(C)C.CC(C)CCN(C(C)C)C(C)C.CC(C)CCN(C)C.CCCCN(CCCC)CCCC(C)C.CCN(CC)CCCC(C)C. The molecule has 1 unspecified atom stereocenters. The van der Waals surface area contributed by atoms with Crippen LogP contribution in [0.15, 0.2) is 0 Å². The zero-order chi connectivity index (χ0) is 60.3. The van der Waals surface area contributed by atoms with Gasteiger partial charge in [-0.25, -0.2) is 0 Å². The van der Waals surface area contributed by atoms with Crippen LogP contribution in [0.2, 0.25) is 0 Å². The second kappa shape index (κ2) is 59.8. The van der Waals surface area contributed by atoms with Gasteiger partial charge >= 0.3 is 0 Å². The molecule has 0 rings (SSSR count). The summed E-state index contributed by atoms with van der Waals surface area (Å²) in [4.78, 5) is 16.7. The predicted molar refractivity (Wildman–Crippen MR) is 354 cm³/mol. The lowest BCUT2D eigenvalue weighted by atomic mass is 9.84. The largest absolute Gasteiger partial charge is 0.309 e. The smallest absolute Gasteiger partial charge is 0.00412 e. The van der Waals surface area contributed by atoms with E-state index >= 15 is 0 Å². The first-order chi connectivity index (χ1) is 34.5. The van der Waals surface area contributed by atoms with Gasteiger partial charge in [0.15, 0.2) is 0 Å². The molecule has 7 nitrogen and oxygen atoms in total. The molecule has 0 bridgehead atoms. The van der Waals surface area contributed by atoms with Crippen LogP contribution in [0.1, 0.15) is 257 Å². The molecule has 0 saturated heterocycles. The van der Waals surface area contributed by atoms with Gasteiger partial charge in [-0.05, 0) is 266 Å². The van der Waals surface area contributed by atoms with Crippen LogP contribution in [0.4, 0.5) is 0 Å². The molecular weight excluding hydrogens is 915 g/mol. The zero-order valence-corrected chi connectivity index (χ0v) is 59.4. The normalized spacial score (nSPS) is 12.3. The average molecular weight is 1070 g/mol. The minimum atomic E-state index is 0.470. The van der Waals surface area contributed by atoms with E-state index in [2.05, 4.69) is 264 Å². The lowest BCUT2D eigenvalue weighted by Gasteiger charge is -2.31. The molecule has 0 radical (unpaired) electrons. The Morgan fingerprint density at radius 2 is 0.667 bits per heavy atom. The molecule has 0 saturated carbocycles. The average Bonchev–Trinajstić information content (AvgIpc) is 3.24. The van der Waals surface area contributed by atoms with Gasteiger partial charge < -0.3 is 29.4 Å². The first-order valence-electron chi connectivity index (χ1n) is 32.3. The van der Waals surface area contributed by atoms with Crippen molar-refractivity contribution in [3.05, 3.63) is 0 Å². The minimum absolute atomic E-state index is 0.470. The molecule has 0 aliphatic carbocycles. The third-order valence-corrected chi connectivity index (χ3v) is 13.4. The van der Waals surface area contributed by atoms with Crippen molar-refractivity contribution in [3.8, 4) is 0 Å². The highest BCUT2D eigenvalue weighted by Gasteiger charge is 2.20. The lowest BCUT2D eigenvalue weighted by Crippen LogP contribution is -2.38. The Labute approximate surface area is 482 Å². The third kappa shape index (κ3) is 87.8. The number of nitrogens with zero attached hydrogens (tertiary/aromatic N) is 7. The maximum Gasteiger partial charge on any atom is 0.00412 e. The molecule has 0 aromatic carbocycles. The van der Waals surface area contributed by atoms with Crippen LogP contribution >= 0.6 is 0 Å². The minimum Gasteiger partial charge on any atom is -0.309 e. The summed E-state index contributed by atoms with van der Waals surface area (Å²) in [5.74, 6) is 6.71. The van der Waals surface area contributed by atoms with E-state index in [4.69, 9.17) is 0 Å². The summed E-state index contributed by atoms with van der Waals surface area (Å²) in [6.45, 7) is 70.8. The number of hydrogen-bond acceptors (Lipinski definition) is 7. The molecule has 0 fully saturated rings. The maximum atomic E-state index is 2.66. The fraction of sp³-hybridized carbons (Fsp3) is 1.00. The Morgan fingerprint density at radius 1 is 0.333 bits per heavy atom. The molecule has 0 heterocycles. The van der Waals surface area contributed by atoms with Gasteiger partial charge in [-0.1, -0.05) is 158 Å². The second-order valence-electron chi connectivity index (χ2n) is 28.1. The van der Waals surface area contributed by atoms with Crippen LogP contribution in [-0.2, 0) is 0 Å². The quantitative estimate of drug-likeness (QED) is 0.0623. The van der Waals surface area contributed by atoms with Crippen LogP contribution in [0, 0.1) is 52.8 Å². The van der Waals surface area contributed by atoms with E-state index in [-0.39, 0.29) is 0 Å². The molecule has 464 valence electrons. The van der Waals surface area contributed by atoms with Gasteiger partial charge in [0.2, 0.25) is 0 Å². The predicted octanol–water partition coefficient (Wildman–Crippen LogP) is 18.3. The fourth-order valence-electron chi connectivity index (χ4n) is 8.75. The highest BCUT2D eigenvalue weighted by atomic mass is 15.2. The molecule has 1 atom stereocenters. The summed E-state index contributed by atoms with van der Waals surface area (Å²) >= 11 is 0. The van der Waals surface area contributed by atoms with E-state index in [9.17, 15) is 0 Å². The maximum absolute atomic E-state index is 2.66. The van der Waals surface area contributed by atoms with Crippen molar-refractivity contribution in [3.63, 3.8) is 0 Å². The van der Waals surface area contributed by atoms with Crippen molar-refractivity contribution >= 4 is 0 Å². The summed E-state index contributed by atoms with van der Waals surface area (Å²) in [5, 5.41) is 0. The molecule has 0 N–H and O–H groups in total. The van der Waals surface area contributed by atoms with Crippen LogP contribution in [0.25, 0.3) is 0 Å². The van der Waals surface area contributed by atoms with Crippen molar-refractivity contribution in [1.29, 1.82) is 0 Å². The van der Waals surface area contributed by atoms with E-state index in [0.717, 1.165) is 47.3 Å². The molecule has 0 aromatic heterocycles. The summed E-state index contributed by atoms with van der Waals surface area (Å²) in [6, 6.07) is 1.37. The fourth-order valence-corrected chi connectivity index (χ4v) is 8.75. The first-order valence-corrected chi connectivity index (χ1v) is 32.3. The van der Waals surface area contributed by atoms with E-state index < -0.39 is 0 Å². The van der Waals surface area contributed by atoms with E-state index in [0.29, 0.717) is 17.5 Å². The molecule has 75 heavy (non-hydrogen) atoms. The monoisotopic (exact) mass is 1070 g/mol. The summed E-state index contributed by atoms with van der Waals surface area (Å²) in [6.07, 6.45) is 17.5. The lowest BCUT2D eigenvalue weighted by molar-refractivity contribution is 0.166. The topological polar surface area (TPSA) is 22.7 Å². The molecule has 7 heteroatoms.